The molecule has 1 amide bonds. The minimum Gasteiger partial charge on any atom is -0.480 e. The van der Waals surface area contributed by atoms with E-state index >= 15 is 0 Å². The molecule has 1 aliphatic heterocycles. The molecule has 2 rings (SSSR count). The van der Waals surface area contributed by atoms with Crippen LogP contribution in [-0.2, 0) is 9.59 Å². The normalized spacial score (nSPS) is 19.2. The van der Waals surface area contributed by atoms with E-state index in [-0.39, 0.29) is 11.2 Å². The van der Waals surface area contributed by atoms with Crippen molar-refractivity contribution in [3.8, 4) is 0 Å². The van der Waals surface area contributed by atoms with Crippen molar-refractivity contribution >= 4 is 35.0 Å². The zero-order valence-electron chi connectivity index (χ0n) is 11.0. The van der Waals surface area contributed by atoms with Gasteiger partial charge in [0.1, 0.15) is 5.54 Å². The Hall–Kier alpha value is -1.69. The van der Waals surface area contributed by atoms with Crippen LogP contribution in [0.4, 0.5) is 11.4 Å². The molecule has 1 heterocycles. The van der Waals surface area contributed by atoms with Crippen molar-refractivity contribution in [2.24, 2.45) is 0 Å². The summed E-state index contributed by atoms with van der Waals surface area (Å²) in [6, 6.07) is 5.15. The van der Waals surface area contributed by atoms with Gasteiger partial charge < -0.3 is 10.8 Å². The predicted molar refractivity (Wildman–Crippen MR) is 75.4 cm³/mol. The maximum atomic E-state index is 12.3. The van der Waals surface area contributed by atoms with E-state index in [0.717, 1.165) is 4.90 Å². The van der Waals surface area contributed by atoms with Crippen LogP contribution in [0.1, 0.15) is 20.8 Å². The third kappa shape index (κ3) is 2.16. The number of amides is 1. The number of nitrogens with two attached hydrogens (primary N) is 1. The summed E-state index contributed by atoms with van der Waals surface area (Å²) >= 11 is 1.40. The molecular formula is C13H16N2O3S. The van der Waals surface area contributed by atoms with E-state index in [0.29, 0.717) is 11.4 Å². The maximum Gasteiger partial charge on any atom is 0.329 e. The summed E-state index contributed by atoms with van der Waals surface area (Å²) in [7, 11) is 0. The first-order chi connectivity index (χ1) is 8.75. The molecule has 0 saturated heterocycles. The third-order valence-electron chi connectivity index (χ3n) is 3.18. The second-order valence-electron chi connectivity index (χ2n) is 5.03. The molecule has 3 N–H and O–H groups in total. The lowest BCUT2D eigenvalue weighted by Gasteiger charge is -2.40. The van der Waals surface area contributed by atoms with Crippen LogP contribution in [-0.4, -0.2) is 27.8 Å². The van der Waals surface area contributed by atoms with Crippen molar-refractivity contribution < 1.29 is 14.7 Å². The lowest BCUT2D eigenvalue weighted by Crippen LogP contribution is -2.56. The van der Waals surface area contributed by atoms with Crippen molar-refractivity contribution in [3.05, 3.63) is 18.2 Å². The van der Waals surface area contributed by atoms with Crippen LogP contribution in [0.2, 0.25) is 0 Å². The van der Waals surface area contributed by atoms with Gasteiger partial charge in [-0.2, -0.15) is 0 Å². The highest BCUT2D eigenvalue weighted by molar-refractivity contribution is 8.01. The van der Waals surface area contributed by atoms with Crippen molar-refractivity contribution in [1.29, 1.82) is 0 Å². The molecule has 0 radical (unpaired) electrons. The fourth-order valence-corrected chi connectivity index (χ4v) is 3.09. The molecule has 0 saturated carbocycles. The van der Waals surface area contributed by atoms with E-state index < -0.39 is 11.5 Å². The quantitative estimate of drug-likeness (QED) is 0.809. The maximum absolute atomic E-state index is 12.3. The van der Waals surface area contributed by atoms with Crippen LogP contribution in [0, 0.1) is 0 Å². The van der Waals surface area contributed by atoms with Crippen molar-refractivity contribution in [2.75, 3.05) is 10.6 Å². The third-order valence-corrected chi connectivity index (χ3v) is 4.32. The number of fused-ring (bicyclic) bond motifs is 1. The molecular weight excluding hydrogens is 264 g/mol. The highest BCUT2D eigenvalue weighted by Gasteiger charge is 2.44. The Morgan fingerprint density at radius 1 is 1.47 bits per heavy atom. The Morgan fingerprint density at radius 2 is 2.11 bits per heavy atom. The van der Waals surface area contributed by atoms with Gasteiger partial charge in [0.05, 0.1) is 10.9 Å². The van der Waals surface area contributed by atoms with E-state index in [4.69, 9.17) is 5.73 Å². The van der Waals surface area contributed by atoms with Crippen LogP contribution in [0.3, 0.4) is 0 Å². The average Bonchev–Trinajstić information content (AvgIpc) is 2.30. The second-order valence-corrected chi connectivity index (χ2v) is 6.41. The first-order valence-corrected chi connectivity index (χ1v) is 6.76. The summed E-state index contributed by atoms with van der Waals surface area (Å²) in [5.74, 6) is -1.24. The fourth-order valence-electron chi connectivity index (χ4n) is 2.02. The summed E-state index contributed by atoms with van der Waals surface area (Å²) in [5.41, 5.74) is 5.65. The van der Waals surface area contributed by atoms with Gasteiger partial charge in [-0.15, -0.1) is 11.8 Å². The van der Waals surface area contributed by atoms with Gasteiger partial charge in [0.2, 0.25) is 5.91 Å². The van der Waals surface area contributed by atoms with Gasteiger partial charge in [0, 0.05) is 10.6 Å². The molecule has 0 aliphatic carbocycles. The van der Waals surface area contributed by atoms with Gasteiger partial charge in [-0.1, -0.05) is 0 Å². The average molecular weight is 280 g/mol. The molecule has 0 spiro atoms. The summed E-state index contributed by atoms with van der Waals surface area (Å²) in [6.45, 7) is 4.82. The molecule has 1 aliphatic rings. The largest absolute Gasteiger partial charge is 0.480 e. The number of rotatable bonds is 2. The second kappa shape index (κ2) is 4.45. The number of nitrogens with zero attached hydrogens (tertiary/aromatic N) is 1. The number of aliphatic carboxylic acids is 1. The number of benzene rings is 1. The number of anilines is 2. The Morgan fingerprint density at radius 3 is 2.68 bits per heavy atom. The van der Waals surface area contributed by atoms with Crippen LogP contribution >= 0.6 is 11.8 Å². The summed E-state index contributed by atoms with van der Waals surface area (Å²) in [5, 5.41) is 9.03. The number of hydrogen-bond donors (Lipinski definition) is 2. The molecule has 1 unspecified atom stereocenters. The zero-order valence-corrected chi connectivity index (χ0v) is 11.8. The molecule has 0 aromatic heterocycles. The SMILES string of the molecule is CC1Sc2cc(N)ccc2N(C(C)(C)C(=O)O)C1=O. The molecule has 1 atom stereocenters. The van der Waals surface area contributed by atoms with Crippen LogP contribution in [0.15, 0.2) is 23.1 Å². The Labute approximate surface area is 115 Å². The number of hydrogen-bond acceptors (Lipinski definition) is 4. The lowest BCUT2D eigenvalue weighted by atomic mass is 10.0. The van der Waals surface area contributed by atoms with E-state index in [1.54, 1.807) is 25.1 Å². The molecule has 0 fully saturated rings. The van der Waals surface area contributed by atoms with E-state index in [2.05, 4.69) is 0 Å². The number of nitrogen functional groups attached to an aromatic ring is 1. The smallest absolute Gasteiger partial charge is 0.329 e. The molecule has 0 bridgehead atoms. The van der Waals surface area contributed by atoms with Gasteiger partial charge in [-0.25, -0.2) is 4.79 Å². The van der Waals surface area contributed by atoms with Gasteiger partial charge in [-0.3, -0.25) is 9.69 Å². The molecule has 19 heavy (non-hydrogen) atoms. The van der Waals surface area contributed by atoms with Gasteiger partial charge >= 0.3 is 5.97 Å². The van der Waals surface area contributed by atoms with E-state index in [1.807, 2.05) is 0 Å². The van der Waals surface area contributed by atoms with Crippen molar-refractivity contribution in [3.63, 3.8) is 0 Å². The van der Waals surface area contributed by atoms with Crippen molar-refractivity contribution in [2.45, 2.75) is 36.5 Å². The highest BCUT2D eigenvalue weighted by Crippen LogP contribution is 2.43. The topological polar surface area (TPSA) is 83.6 Å². The summed E-state index contributed by atoms with van der Waals surface area (Å²) in [6.07, 6.45) is 0. The molecule has 1 aromatic carbocycles. The van der Waals surface area contributed by atoms with Crippen LogP contribution in [0.25, 0.3) is 0 Å². The standard InChI is InChI=1S/C13H16N2O3S/c1-7-11(16)15(13(2,3)12(17)18)9-5-4-8(14)6-10(9)19-7/h4-7H,14H2,1-3H3,(H,17,18). The minimum absolute atomic E-state index is 0.199. The number of carboxylic acid groups (broad SMARTS) is 1. The van der Waals surface area contributed by atoms with Crippen LogP contribution < -0.4 is 10.6 Å². The Balaban J connectivity index is 2.60. The summed E-state index contributed by atoms with van der Waals surface area (Å²) < 4.78 is 0. The van der Waals surface area contributed by atoms with Crippen LogP contribution in [0.5, 0.6) is 0 Å². The van der Waals surface area contributed by atoms with E-state index in [9.17, 15) is 14.7 Å². The summed E-state index contributed by atoms with van der Waals surface area (Å²) in [4.78, 5) is 25.9. The number of carboxylic acids is 1. The Bertz CT molecular complexity index is 557. The fraction of sp³-hybridized carbons (Fsp3) is 0.385. The molecule has 6 heteroatoms. The number of thioether (sulfide) groups is 1. The monoisotopic (exact) mass is 280 g/mol. The van der Waals surface area contributed by atoms with Gasteiger partial charge in [0.15, 0.2) is 0 Å². The number of carbonyl (C=O) groups excluding carboxylic acids is 1. The highest BCUT2D eigenvalue weighted by atomic mass is 32.2. The van der Waals surface area contributed by atoms with Gasteiger partial charge in [0.25, 0.3) is 0 Å². The lowest BCUT2D eigenvalue weighted by molar-refractivity contribution is -0.143. The first kappa shape index (κ1) is 13.7. The van der Waals surface area contributed by atoms with E-state index in [1.165, 1.54) is 30.5 Å². The van der Waals surface area contributed by atoms with Crippen molar-refractivity contribution in [1.82, 2.24) is 0 Å². The minimum atomic E-state index is -1.29. The Kier molecular flexibility index (Phi) is 3.22. The molecule has 102 valence electrons. The molecule has 5 nitrogen and oxygen atoms in total. The number of carbonyl (C=O) groups is 2. The van der Waals surface area contributed by atoms with Gasteiger partial charge in [-0.05, 0) is 39.0 Å². The predicted octanol–water partition coefficient (Wildman–Crippen LogP) is 1.96. The molecule has 1 aromatic rings. The first-order valence-electron chi connectivity index (χ1n) is 5.89. The zero-order chi connectivity index (χ0) is 14.4.